The molecule has 7 heteroatoms. The number of carbonyl (C=O) groups excluding carboxylic acids is 1. The van der Waals surface area contributed by atoms with Crippen molar-refractivity contribution in [2.75, 3.05) is 25.6 Å². The first-order valence-corrected chi connectivity index (χ1v) is 9.96. The minimum atomic E-state index is -0.253. The van der Waals surface area contributed by atoms with Gasteiger partial charge in [-0.2, -0.15) is 0 Å². The molecule has 0 saturated carbocycles. The van der Waals surface area contributed by atoms with Gasteiger partial charge in [0.1, 0.15) is 0 Å². The molecule has 3 N–H and O–H groups in total. The van der Waals surface area contributed by atoms with Crippen molar-refractivity contribution in [1.82, 2.24) is 5.32 Å². The molecular weight excluding hydrogens is 424 g/mol. The Hall–Kier alpha value is -2.09. The molecule has 2 aromatic rings. The summed E-state index contributed by atoms with van der Waals surface area (Å²) in [6.45, 7) is 4.55. The third-order valence-corrected chi connectivity index (χ3v) is 4.87. The summed E-state index contributed by atoms with van der Waals surface area (Å²) in [5, 5.41) is 15.4. The first kappa shape index (κ1) is 22.2. The van der Waals surface area contributed by atoms with Crippen molar-refractivity contribution in [2.24, 2.45) is 0 Å². The van der Waals surface area contributed by atoms with E-state index in [0.29, 0.717) is 22.5 Å². The number of aliphatic hydroxyl groups excluding tert-OH is 1. The molecular formula is C21H27BrN2O4. The van der Waals surface area contributed by atoms with Crippen LogP contribution in [0.4, 0.5) is 5.69 Å². The Kier molecular flexibility index (Phi) is 8.76. The highest BCUT2D eigenvalue weighted by Crippen LogP contribution is 2.36. The van der Waals surface area contributed by atoms with Crippen LogP contribution in [0.5, 0.6) is 11.5 Å². The van der Waals surface area contributed by atoms with Crippen LogP contribution >= 0.6 is 15.9 Å². The highest BCUT2D eigenvalue weighted by Gasteiger charge is 2.14. The van der Waals surface area contributed by atoms with Gasteiger partial charge in [-0.15, -0.1) is 0 Å². The lowest BCUT2D eigenvalue weighted by molar-refractivity contribution is -0.118. The highest BCUT2D eigenvalue weighted by molar-refractivity contribution is 9.10. The summed E-state index contributed by atoms with van der Waals surface area (Å²) >= 11 is 3.49. The Morgan fingerprint density at radius 2 is 1.96 bits per heavy atom. The number of anilines is 1. The number of aliphatic hydroxyl groups is 1. The van der Waals surface area contributed by atoms with Crippen molar-refractivity contribution < 1.29 is 19.4 Å². The van der Waals surface area contributed by atoms with E-state index >= 15 is 0 Å². The lowest BCUT2D eigenvalue weighted by atomic mass is 10.1. The fourth-order valence-electron chi connectivity index (χ4n) is 2.59. The number of halogens is 1. The van der Waals surface area contributed by atoms with Gasteiger partial charge in [-0.25, -0.2) is 0 Å². The second kappa shape index (κ2) is 11.0. The highest BCUT2D eigenvalue weighted by atomic mass is 79.9. The van der Waals surface area contributed by atoms with Crippen molar-refractivity contribution in [3.05, 3.63) is 52.0 Å². The zero-order chi connectivity index (χ0) is 20.5. The lowest BCUT2D eigenvalue weighted by Crippen LogP contribution is -2.31. The van der Waals surface area contributed by atoms with Crippen LogP contribution in [-0.4, -0.2) is 37.4 Å². The van der Waals surface area contributed by atoms with Crippen LogP contribution in [0.1, 0.15) is 24.5 Å². The summed E-state index contributed by atoms with van der Waals surface area (Å²) in [5.74, 6) is 0.753. The first-order chi connectivity index (χ1) is 13.5. The number of rotatable bonds is 10. The van der Waals surface area contributed by atoms with Crippen LogP contribution in [0.15, 0.2) is 40.9 Å². The number of methoxy groups -OCH3 is 1. The number of ether oxygens (including phenoxy) is 2. The van der Waals surface area contributed by atoms with Crippen molar-refractivity contribution >= 4 is 27.5 Å². The molecule has 0 aliphatic heterocycles. The third kappa shape index (κ3) is 6.51. The van der Waals surface area contributed by atoms with Gasteiger partial charge in [-0.05, 0) is 59.1 Å². The second-order valence-electron chi connectivity index (χ2n) is 6.48. The molecule has 6 nitrogen and oxygen atoms in total. The first-order valence-electron chi connectivity index (χ1n) is 9.16. The zero-order valence-corrected chi connectivity index (χ0v) is 18.0. The lowest BCUT2D eigenvalue weighted by Gasteiger charge is -2.17. The third-order valence-electron chi connectivity index (χ3n) is 4.28. The van der Waals surface area contributed by atoms with Gasteiger partial charge in [0.25, 0.3) is 5.91 Å². The summed E-state index contributed by atoms with van der Waals surface area (Å²) in [5.41, 5.74) is 2.83. The van der Waals surface area contributed by atoms with Crippen molar-refractivity contribution in [3.63, 3.8) is 0 Å². The quantitative estimate of drug-likeness (QED) is 0.514. The van der Waals surface area contributed by atoms with E-state index in [1.54, 1.807) is 7.11 Å². The molecule has 1 unspecified atom stereocenters. The van der Waals surface area contributed by atoms with E-state index in [9.17, 15) is 9.90 Å². The van der Waals surface area contributed by atoms with Gasteiger partial charge in [0.15, 0.2) is 18.1 Å². The average Bonchev–Trinajstić information content (AvgIpc) is 2.69. The number of benzene rings is 2. The molecule has 2 rings (SSSR count). The maximum atomic E-state index is 12.2. The topological polar surface area (TPSA) is 79.8 Å². The van der Waals surface area contributed by atoms with E-state index in [-0.39, 0.29) is 25.2 Å². The fourth-order valence-corrected chi connectivity index (χ4v) is 3.19. The summed E-state index contributed by atoms with van der Waals surface area (Å²) < 4.78 is 11.8. The molecule has 0 bridgehead atoms. The van der Waals surface area contributed by atoms with E-state index in [1.807, 2.05) is 50.2 Å². The molecule has 0 aliphatic carbocycles. The molecule has 28 heavy (non-hydrogen) atoms. The van der Waals surface area contributed by atoms with Gasteiger partial charge in [0.05, 0.1) is 18.2 Å². The molecule has 0 aromatic heterocycles. The number of hydrogen-bond donors (Lipinski definition) is 3. The van der Waals surface area contributed by atoms with E-state index < -0.39 is 0 Å². The van der Waals surface area contributed by atoms with Crippen LogP contribution in [0.25, 0.3) is 0 Å². The molecule has 1 atom stereocenters. The number of hydrogen-bond acceptors (Lipinski definition) is 5. The fraction of sp³-hybridized carbons (Fsp3) is 0.381. The van der Waals surface area contributed by atoms with E-state index in [1.165, 1.54) is 0 Å². The van der Waals surface area contributed by atoms with Crippen molar-refractivity contribution in [1.29, 1.82) is 0 Å². The molecule has 0 fully saturated rings. The smallest absolute Gasteiger partial charge is 0.262 e. The number of amides is 1. The minimum Gasteiger partial charge on any atom is -0.493 e. The molecule has 0 spiro atoms. The van der Waals surface area contributed by atoms with Gasteiger partial charge in [-0.3, -0.25) is 4.79 Å². The van der Waals surface area contributed by atoms with Crippen molar-refractivity contribution in [3.8, 4) is 11.5 Å². The molecule has 1 amide bonds. The SMILES string of the molecule is CCC(CO)NCc1cc(Br)c(OCC(=O)Nc2ccc(C)cc2)c(OC)c1. The van der Waals surface area contributed by atoms with Crippen molar-refractivity contribution in [2.45, 2.75) is 32.9 Å². The van der Waals surface area contributed by atoms with E-state index in [0.717, 1.165) is 23.2 Å². The number of carbonyl (C=O) groups is 1. The Balaban J connectivity index is 2.00. The summed E-state index contributed by atoms with van der Waals surface area (Å²) in [6, 6.07) is 11.4. The normalized spacial score (nSPS) is 11.8. The molecule has 2 aromatic carbocycles. The van der Waals surface area contributed by atoms with Crippen LogP contribution < -0.4 is 20.1 Å². The van der Waals surface area contributed by atoms with Gasteiger partial charge in [0, 0.05) is 18.3 Å². The summed E-state index contributed by atoms with van der Waals surface area (Å²) in [7, 11) is 1.56. The summed E-state index contributed by atoms with van der Waals surface area (Å²) in [4.78, 5) is 12.2. The molecule has 0 saturated heterocycles. The van der Waals surface area contributed by atoms with E-state index in [2.05, 4.69) is 26.6 Å². The number of aryl methyl sites for hydroxylation is 1. The number of nitrogens with one attached hydrogen (secondary N) is 2. The maximum Gasteiger partial charge on any atom is 0.262 e. The monoisotopic (exact) mass is 450 g/mol. The van der Waals surface area contributed by atoms with Crippen LogP contribution in [0.2, 0.25) is 0 Å². The summed E-state index contributed by atoms with van der Waals surface area (Å²) in [6.07, 6.45) is 0.839. The van der Waals surface area contributed by atoms with Gasteiger partial charge in [0.2, 0.25) is 0 Å². The Morgan fingerprint density at radius 1 is 1.25 bits per heavy atom. The second-order valence-corrected chi connectivity index (χ2v) is 7.33. The average molecular weight is 451 g/mol. The predicted octanol–water partition coefficient (Wildman–Crippen LogP) is 3.64. The minimum absolute atomic E-state index is 0.0474. The maximum absolute atomic E-state index is 12.2. The molecule has 0 radical (unpaired) electrons. The molecule has 152 valence electrons. The molecule has 0 aliphatic rings. The van der Waals surface area contributed by atoms with E-state index in [4.69, 9.17) is 9.47 Å². The van der Waals surface area contributed by atoms with Crippen LogP contribution in [0.3, 0.4) is 0 Å². The largest absolute Gasteiger partial charge is 0.493 e. The Bertz CT molecular complexity index is 777. The molecule has 0 heterocycles. The predicted molar refractivity (Wildman–Crippen MR) is 114 cm³/mol. The Labute approximate surface area is 174 Å². The van der Waals surface area contributed by atoms with Gasteiger partial charge < -0.3 is 25.2 Å². The van der Waals surface area contributed by atoms with Gasteiger partial charge in [-0.1, -0.05) is 24.6 Å². The zero-order valence-electron chi connectivity index (χ0n) is 16.4. The Morgan fingerprint density at radius 3 is 2.57 bits per heavy atom. The van der Waals surface area contributed by atoms with Crippen LogP contribution in [-0.2, 0) is 11.3 Å². The standard InChI is InChI=1S/C21H27BrN2O4/c1-4-16(12-25)23-11-15-9-18(22)21(19(10-15)27-3)28-13-20(26)24-17-7-5-14(2)6-8-17/h5-10,16,23,25H,4,11-13H2,1-3H3,(H,24,26). The van der Waals surface area contributed by atoms with Gasteiger partial charge >= 0.3 is 0 Å². The van der Waals surface area contributed by atoms with Crippen LogP contribution in [0, 0.1) is 6.92 Å².